The van der Waals surface area contributed by atoms with E-state index < -0.39 is 23.6 Å². The number of hydrogen-bond acceptors (Lipinski definition) is 2. The maximum atomic E-state index is 13.8. The van der Waals surface area contributed by atoms with Crippen LogP contribution in [-0.4, -0.2) is 19.7 Å². The van der Waals surface area contributed by atoms with Gasteiger partial charge in [-0.15, -0.1) is 0 Å². The van der Waals surface area contributed by atoms with E-state index in [9.17, 15) is 13.2 Å². The van der Waals surface area contributed by atoms with Crippen LogP contribution in [0.4, 0.5) is 13.2 Å². The van der Waals surface area contributed by atoms with Gasteiger partial charge in [0.25, 0.3) is 0 Å². The van der Waals surface area contributed by atoms with Crippen LogP contribution in [0.3, 0.4) is 0 Å². The number of nitrogens with one attached hydrogen (secondary N) is 1. The zero-order chi connectivity index (χ0) is 13.8. The summed E-state index contributed by atoms with van der Waals surface area (Å²) in [6.45, 7) is 3.99. The number of halogens is 3. The van der Waals surface area contributed by atoms with E-state index in [0.717, 1.165) is 25.5 Å². The van der Waals surface area contributed by atoms with Gasteiger partial charge in [-0.05, 0) is 25.5 Å². The van der Waals surface area contributed by atoms with E-state index in [0.29, 0.717) is 19.2 Å². The number of rotatable bonds is 4. The van der Waals surface area contributed by atoms with Crippen LogP contribution in [0.2, 0.25) is 0 Å². The van der Waals surface area contributed by atoms with Crippen molar-refractivity contribution in [2.45, 2.75) is 25.9 Å². The molecule has 2 atom stereocenters. The monoisotopic (exact) mass is 273 g/mol. The molecule has 0 radical (unpaired) electrons. The van der Waals surface area contributed by atoms with Crippen LogP contribution in [-0.2, 0) is 4.74 Å². The molecule has 1 aliphatic rings. The molecule has 1 N–H and O–H groups in total. The molecule has 1 aromatic carbocycles. The summed E-state index contributed by atoms with van der Waals surface area (Å²) in [5.41, 5.74) is 0.113. The molecule has 1 saturated heterocycles. The van der Waals surface area contributed by atoms with Crippen molar-refractivity contribution in [3.8, 4) is 0 Å². The Kier molecular flexibility index (Phi) is 4.82. The average Bonchev–Trinajstić information content (AvgIpc) is 2.41. The number of hydrogen-bond donors (Lipinski definition) is 1. The van der Waals surface area contributed by atoms with Crippen molar-refractivity contribution in [3.63, 3.8) is 0 Å². The molecule has 106 valence electrons. The van der Waals surface area contributed by atoms with Crippen LogP contribution in [0, 0.1) is 23.4 Å². The average molecular weight is 273 g/mol. The van der Waals surface area contributed by atoms with Gasteiger partial charge in [0, 0.05) is 30.7 Å². The van der Waals surface area contributed by atoms with Gasteiger partial charge in [0.15, 0.2) is 11.6 Å². The van der Waals surface area contributed by atoms with Gasteiger partial charge in [0.2, 0.25) is 0 Å². The van der Waals surface area contributed by atoms with E-state index in [2.05, 4.69) is 5.32 Å². The molecular weight excluding hydrogens is 255 g/mol. The fraction of sp³-hybridized carbons (Fsp3) is 0.571. The highest BCUT2D eigenvalue weighted by molar-refractivity contribution is 5.23. The van der Waals surface area contributed by atoms with Crippen LogP contribution in [0.5, 0.6) is 0 Å². The summed E-state index contributed by atoms with van der Waals surface area (Å²) >= 11 is 0. The topological polar surface area (TPSA) is 21.3 Å². The van der Waals surface area contributed by atoms with Gasteiger partial charge < -0.3 is 10.1 Å². The second-order valence-corrected chi connectivity index (χ2v) is 4.79. The first-order chi connectivity index (χ1) is 9.13. The third-order valence-corrected chi connectivity index (χ3v) is 3.45. The van der Waals surface area contributed by atoms with Crippen molar-refractivity contribution in [1.29, 1.82) is 0 Å². The molecule has 5 heteroatoms. The lowest BCUT2D eigenvalue weighted by Crippen LogP contribution is -2.32. The fourth-order valence-corrected chi connectivity index (χ4v) is 2.48. The predicted molar refractivity (Wildman–Crippen MR) is 66.3 cm³/mol. The van der Waals surface area contributed by atoms with Crippen LogP contribution in [0.15, 0.2) is 12.1 Å². The Morgan fingerprint density at radius 3 is 2.68 bits per heavy atom. The summed E-state index contributed by atoms with van der Waals surface area (Å²) in [6, 6.07) is 1.51. The van der Waals surface area contributed by atoms with E-state index in [1.54, 1.807) is 0 Å². The highest BCUT2D eigenvalue weighted by Crippen LogP contribution is 2.35. The van der Waals surface area contributed by atoms with E-state index in [1.165, 1.54) is 0 Å². The van der Waals surface area contributed by atoms with Crippen molar-refractivity contribution in [1.82, 2.24) is 5.32 Å². The molecule has 0 saturated carbocycles. The number of benzene rings is 1. The van der Waals surface area contributed by atoms with Crippen molar-refractivity contribution in [2.24, 2.45) is 5.92 Å². The molecule has 2 nitrogen and oxygen atoms in total. The van der Waals surface area contributed by atoms with Crippen molar-refractivity contribution in [3.05, 3.63) is 35.1 Å². The summed E-state index contributed by atoms with van der Waals surface area (Å²) in [6.07, 6.45) is 1.27. The minimum Gasteiger partial charge on any atom is -0.373 e. The summed E-state index contributed by atoms with van der Waals surface area (Å²) in [7, 11) is 0. The Hall–Kier alpha value is -1.07. The van der Waals surface area contributed by atoms with E-state index in [1.807, 2.05) is 6.92 Å². The Morgan fingerprint density at radius 1 is 1.21 bits per heavy atom. The second-order valence-electron chi connectivity index (χ2n) is 4.79. The first-order valence-corrected chi connectivity index (χ1v) is 6.60. The SMILES string of the molecule is CCNCC1CCCOC1c1cc(F)c(F)cc1F. The van der Waals surface area contributed by atoms with Gasteiger partial charge in [-0.3, -0.25) is 0 Å². The van der Waals surface area contributed by atoms with Crippen LogP contribution < -0.4 is 5.32 Å². The molecule has 0 aromatic heterocycles. The minimum absolute atomic E-state index is 0.0769. The zero-order valence-corrected chi connectivity index (χ0v) is 10.9. The molecule has 0 aliphatic carbocycles. The maximum Gasteiger partial charge on any atom is 0.161 e. The van der Waals surface area contributed by atoms with E-state index >= 15 is 0 Å². The molecule has 0 amide bonds. The lowest BCUT2D eigenvalue weighted by atomic mass is 9.89. The second kappa shape index (κ2) is 6.39. The van der Waals surface area contributed by atoms with Crippen molar-refractivity contribution >= 4 is 0 Å². The third-order valence-electron chi connectivity index (χ3n) is 3.45. The Balaban J connectivity index is 2.24. The van der Waals surface area contributed by atoms with Gasteiger partial charge in [-0.1, -0.05) is 6.92 Å². The van der Waals surface area contributed by atoms with Crippen LogP contribution in [0.25, 0.3) is 0 Å². The molecular formula is C14H18F3NO. The van der Waals surface area contributed by atoms with E-state index in [4.69, 9.17) is 4.74 Å². The fourth-order valence-electron chi connectivity index (χ4n) is 2.48. The quantitative estimate of drug-likeness (QED) is 0.851. The lowest BCUT2D eigenvalue weighted by Gasteiger charge is -2.32. The molecule has 2 rings (SSSR count). The van der Waals surface area contributed by atoms with Gasteiger partial charge in [0.1, 0.15) is 5.82 Å². The molecule has 2 unspecified atom stereocenters. The lowest BCUT2D eigenvalue weighted by molar-refractivity contribution is -0.0297. The maximum absolute atomic E-state index is 13.8. The minimum atomic E-state index is -1.17. The third kappa shape index (κ3) is 3.28. The van der Waals surface area contributed by atoms with Gasteiger partial charge in [-0.25, -0.2) is 13.2 Å². The smallest absolute Gasteiger partial charge is 0.161 e. The van der Waals surface area contributed by atoms with Gasteiger partial charge in [0.05, 0.1) is 6.10 Å². The molecule has 19 heavy (non-hydrogen) atoms. The first-order valence-electron chi connectivity index (χ1n) is 6.60. The summed E-state index contributed by atoms with van der Waals surface area (Å²) < 4.78 is 45.6. The molecule has 1 aromatic rings. The Morgan fingerprint density at radius 2 is 1.95 bits per heavy atom. The molecule has 1 fully saturated rings. The first kappa shape index (κ1) is 14.3. The van der Waals surface area contributed by atoms with E-state index in [-0.39, 0.29) is 11.5 Å². The molecule has 0 spiro atoms. The molecule has 0 bridgehead atoms. The summed E-state index contributed by atoms with van der Waals surface area (Å²) in [4.78, 5) is 0. The largest absolute Gasteiger partial charge is 0.373 e. The van der Waals surface area contributed by atoms with Crippen LogP contribution >= 0.6 is 0 Å². The number of ether oxygens (including phenoxy) is 1. The van der Waals surface area contributed by atoms with Gasteiger partial charge >= 0.3 is 0 Å². The predicted octanol–water partition coefficient (Wildman–Crippen LogP) is 3.18. The highest BCUT2D eigenvalue weighted by Gasteiger charge is 2.30. The zero-order valence-electron chi connectivity index (χ0n) is 10.9. The molecule has 1 aliphatic heterocycles. The normalized spacial score (nSPS) is 23.6. The molecule has 1 heterocycles. The van der Waals surface area contributed by atoms with Crippen molar-refractivity contribution < 1.29 is 17.9 Å². The van der Waals surface area contributed by atoms with Gasteiger partial charge in [-0.2, -0.15) is 0 Å². The van der Waals surface area contributed by atoms with Crippen LogP contribution in [0.1, 0.15) is 31.4 Å². The highest BCUT2D eigenvalue weighted by atomic mass is 19.2. The summed E-state index contributed by atoms with van der Waals surface area (Å²) in [5.74, 6) is -2.87. The Labute approximate surface area is 111 Å². The van der Waals surface area contributed by atoms with Crippen molar-refractivity contribution in [2.75, 3.05) is 19.7 Å². The standard InChI is InChI=1S/C14H18F3NO/c1-2-18-8-9-4-3-5-19-14(9)10-6-12(16)13(17)7-11(10)15/h6-7,9,14,18H,2-5,8H2,1H3. The summed E-state index contributed by atoms with van der Waals surface area (Å²) in [5, 5.41) is 3.19. The Bertz CT molecular complexity index is 439.